The molecule has 1 unspecified atom stereocenters. The van der Waals surface area contributed by atoms with Crippen LogP contribution in [0.4, 0.5) is 5.69 Å². The number of rotatable bonds is 2. The van der Waals surface area contributed by atoms with Crippen molar-refractivity contribution in [3.8, 4) is 5.75 Å². The minimum Gasteiger partial charge on any atom is -0.487 e. The predicted molar refractivity (Wildman–Crippen MR) is 85.4 cm³/mol. The van der Waals surface area contributed by atoms with Gasteiger partial charge in [-0.1, -0.05) is 11.3 Å². The van der Waals surface area contributed by atoms with Gasteiger partial charge in [0.1, 0.15) is 11.9 Å². The average Bonchev–Trinajstić information content (AvgIpc) is 2.99. The first kappa shape index (κ1) is 14.2. The minimum absolute atomic E-state index is 0.0142. The summed E-state index contributed by atoms with van der Waals surface area (Å²) >= 11 is 0. The Morgan fingerprint density at radius 1 is 1.35 bits per heavy atom. The molecule has 2 aromatic rings. The number of fused-ring (bicyclic) bond motifs is 1. The largest absolute Gasteiger partial charge is 0.487 e. The molecule has 1 aliphatic carbocycles. The molecular formula is C17H20N4O2. The van der Waals surface area contributed by atoms with Crippen molar-refractivity contribution in [2.45, 2.75) is 38.8 Å². The Morgan fingerprint density at radius 3 is 2.91 bits per heavy atom. The highest BCUT2D eigenvalue weighted by Crippen LogP contribution is 2.41. The smallest absolute Gasteiger partial charge is 0.230 e. The van der Waals surface area contributed by atoms with Crippen LogP contribution in [0.25, 0.3) is 0 Å². The predicted octanol–water partition coefficient (Wildman–Crippen LogP) is 2.35. The maximum atomic E-state index is 12.9. The number of aromatic nitrogens is 3. The van der Waals surface area contributed by atoms with Crippen molar-refractivity contribution in [1.29, 1.82) is 0 Å². The molecule has 6 heteroatoms. The van der Waals surface area contributed by atoms with Crippen molar-refractivity contribution in [3.05, 3.63) is 36.2 Å². The molecule has 1 fully saturated rings. The Balaban J connectivity index is 1.52. The Morgan fingerprint density at radius 2 is 2.17 bits per heavy atom. The summed E-state index contributed by atoms with van der Waals surface area (Å²) in [5, 5.41) is 7.86. The number of nitrogens with zero attached hydrogens (tertiary/aromatic N) is 4. The zero-order valence-corrected chi connectivity index (χ0v) is 13.3. The lowest BCUT2D eigenvalue weighted by atomic mass is 9.79. The molecule has 0 spiro atoms. The summed E-state index contributed by atoms with van der Waals surface area (Å²) in [6.07, 6.45) is 5.21. The Hall–Kier alpha value is -2.37. The molecule has 1 amide bonds. The van der Waals surface area contributed by atoms with Crippen LogP contribution in [-0.4, -0.2) is 33.5 Å². The number of ether oxygens (including phenoxy) is 1. The summed E-state index contributed by atoms with van der Waals surface area (Å²) in [6, 6.07) is 6.30. The van der Waals surface area contributed by atoms with E-state index in [4.69, 9.17) is 4.74 Å². The molecule has 23 heavy (non-hydrogen) atoms. The number of amides is 1. The van der Waals surface area contributed by atoms with E-state index in [0.29, 0.717) is 12.6 Å². The fourth-order valence-electron chi connectivity index (χ4n) is 3.39. The molecule has 6 nitrogen and oxygen atoms in total. The summed E-state index contributed by atoms with van der Waals surface area (Å²) in [4.78, 5) is 14.8. The summed E-state index contributed by atoms with van der Waals surface area (Å²) in [7, 11) is 0. The molecule has 0 radical (unpaired) electrons. The maximum absolute atomic E-state index is 12.9. The molecule has 2 heterocycles. The zero-order chi connectivity index (χ0) is 16.0. The van der Waals surface area contributed by atoms with E-state index >= 15 is 0 Å². The average molecular weight is 312 g/mol. The van der Waals surface area contributed by atoms with Crippen molar-refractivity contribution < 1.29 is 9.53 Å². The van der Waals surface area contributed by atoms with Gasteiger partial charge < -0.3 is 9.64 Å². The fourth-order valence-corrected chi connectivity index (χ4v) is 3.39. The lowest BCUT2D eigenvalue weighted by molar-refractivity contribution is -0.126. The van der Waals surface area contributed by atoms with E-state index in [9.17, 15) is 4.79 Å². The molecule has 1 aliphatic heterocycles. The number of carbonyl (C=O) groups excluding carboxylic acids is 1. The third-order valence-corrected chi connectivity index (χ3v) is 4.72. The SMILES string of the molecule is Cc1ccc2c(c1)N(C(=O)C1CC(n3ccnn3)C1)CC(C)O2. The molecule has 0 saturated heterocycles. The second-order valence-electron chi connectivity index (χ2n) is 6.55. The van der Waals surface area contributed by atoms with Gasteiger partial charge in [0.2, 0.25) is 5.91 Å². The second kappa shape index (κ2) is 5.37. The van der Waals surface area contributed by atoms with Crippen LogP contribution in [0, 0.1) is 12.8 Å². The molecule has 1 aromatic heterocycles. The van der Waals surface area contributed by atoms with Gasteiger partial charge in [-0.15, -0.1) is 5.10 Å². The van der Waals surface area contributed by atoms with Crippen LogP contribution >= 0.6 is 0 Å². The van der Waals surface area contributed by atoms with Gasteiger partial charge in [-0.2, -0.15) is 0 Å². The lowest BCUT2D eigenvalue weighted by Gasteiger charge is -2.40. The molecule has 1 saturated carbocycles. The van der Waals surface area contributed by atoms with Crippen LogP contribution < -0.4 is 9.64 Å². The van der Waals surface area contributed by atoms with Gasteiger partial charge in [0.05, 0.1) is 24.5 Å². The monoisotopic (exact) mass is 312 g/mol. The topological polar surface area (TPSA) is 60.2 Å². The van der Waals surface area contributed by atoms with Gasteiger partial charge in [-0.25, -0.2) is 4.68 Å². The number of anilines is 1. The summed E-state index contributed by atoms with van der Waals surface area (Å²) in [5.74, 6) is 1.06. The number of carbonyl (C=O) groups is 1. The van der Waals surface area contributed by atoms with Gasteiger partial charge in [-0.05, 0) is 44.4 Å². The van der Waals surface area contributed by atoms with E-state index in [-0.39, 0.29) is 17.9 Å². The second-order valence-corrected chi connectivity index (χ2v) is 6.55. The number of hydrogen-bond donors (Lipinski definition) is 0. The molecule has 2 aliphatic rings. The van der Waals surface area contributed by atoms with Crippen LogP contribution in [0.2, 0.25) is 0 Å². The van der Waals surface area contributed by atoms with Gasteiger partial charge in [-0.3, -0.25) is 4.79 Å². The highest BCUT2D eigenvalue weighted by atomic mass is 16.5. The van der Waals surface area contributed by atoms with Crippen LogP contribution in [0.5, 0.6) is 5.75 Å². The molecule has 120 valence electrons. The summed E-state index contributed by atoms with van der Waals surface area (Å²) in [6.45, 7) is 4.65. The van der Waals surface area contributed by atoms with E-state index in [2.05, 4.69) is 10.3 Å². The highest BCUT2D eigenvalue weighted by molar-refractivity contribution is 5.97. The van der Waals surface area contributed by atoms with Crippen molar-refractivity contribution in [2.75, 3.05) is 11.4 Å². The van der Waals surface area contributed by atoms with E-state index < -0.39 is 0 Å². The van der Waals surface area contributed by atoms with Gasteiger partial charge in [0.15, 0.2) is 0 Å². The normalized spacial score (nSPS) is 26.2. The Kier molecular flexibility index (Phi) is 3.32. The molecule has 4 rings (SSSR count). The van der Waals surface area contributed by atoms with Gasteiger partial charge >= 0.3 is 0 Å². The van der Waals surface area contributed by atoms with E-state index in [1.807, 2.05) is 47.8 Å². The highest BCUT2D eigenvalue weighted by Gasteiger charge is 2.40. The van der Waals surface area contributed by atoms with Crippen LogP contribution in [-0.2, 0) is 4.79 Å². The quantitative estimate of drug-likeness (QED) is 0.854. The zero-order valence-electron chi connectivity index (χ0n) is 13.3. The van der Waals surface area contributed by atoms with Crippen molar-refractivity contribution in [1.82, 2.24) is 15.0 Å². The van der Waals surface area contributed by atoms with E-state index in [1.165, 1.54) is 0 Å². The summed E-state index contributed by atoms with van der Waals surface area (Å²) in [5.41, 5.74) is 2.03. The summed E-state index contributed by atoms with van der Waals surface area (Å²) < 4.78 is 7.71. The lowest BCUT2D eigenvalue weighted by Crippen LogP contribution is -2.48. The third-order valence-electron chi connectivity index (χ3n) is 4.72. The van der Waals surface area contributed by atoms with Crippen molar-refractivity contribution in [3.63, 3.8) is 0 Å². The number of aryl methyl sites for hydroxylation is 1. The first-order valence-corrected chi connectivity index (χ1v) is 8.06. The standard InChI is InChI=1S/C17H20N4O2/c1-11-3-4-16-15(7-11)20(10-12(2)23-16)17(22)13-8-14(9-13)21-6-5-18-19-21/h3-7,12-14H,8-10H2,1-2H3. The first-order valence-electron chi connectivity index (χ1n) is 8.06. The van der Waals surface area contributed by atoms with E-state index in [0.717, 1.165) is 29.8 Å². The maximum Gasteiger partial charge on any atom is 0.230 e. The Labute approximate surface area is 135 Å². The van der Waals surface area contributed by atoms with Crippen molar-refractivity contribution in [2.24, 2.45) is 5.92 Å². The fraction of sp³-hybridized carbons (Fsp3) is 0.471. The third kappa shape index (κ3) is 2.48. The van der Waals surface area contributed by atoms with Crippen LogP contribution in [0.3, 0.4) is 0 Å². The molecule has 0 N–H and O–H groups in total. The molecular weight excluding hydrogens is 292 g/mol. The first-order chi connectivity index (χ1) is 11.1. The number of benzene rings is 1. The van der Waals surface area contributed by atoms with Crippen LogP contribution in [0.1, 0.15) is 31.4 Å². The van der Waals surface area contributed by atoms with Crippen LogP contribution in [0.15, 0.2) is 30.6 Å². The molecule has 1 aromatic carbocycles. The van der Waals surface area contributed by atoms with Crippen molar-refractivity contribution >= 4 is 11.6 Å². The number of hydrogen-bond acceptors (Lipinski definition) is 4. The Bertz CT molecular complexity index is 722. The van der Waals surface area contributed by atoms with E-state index in [1.54, 1.807) is 6.20 Å². The molecule has 0 bridgehead atoms. The van der Waals surface area contributed by atoms with Gasteiger partial charge in [0, 0.05) is 12.1 Å². The van der Waals surface area contributed by atoms with Gasteiger partial charge in [0.25, 0.3) is 0 Å². The minimum atomic E-state index is 0.0142. The molecule has 1 atom stereocenters.